The minimum atomic E-state index is -0.319. The molecule has 23 heavy (non-hydrogen) atoms. The molecule has 2 aromatic rings. The van der Waals surface area contributed by atoms with Crippen molar-refractivity contribution in [2.45, 2.75) is 25.2 Å². The maximum atomic E-state index is 12.1. The highest BCUT2D eigenvalue weighted by Crippen LogP contribution is 2.40. The van der Waals surface area contributed by atoms with Gasteiger partial charge in [-0.1, -0.05) is 5.16 Å². The zero-order chi connectivity index (χ0) is 16.2. The molecule has 0 saturated heterocycles. The van der Waals surface area contributed by atoms with Crippen LogP contribution in [0.4, 0.5) is 11.4 Å². The van der Waals surface area contributed by atoms with Gasteiger partial charge in [-0.25, -0.2) is 0 Å². The number of aromatic nitrogens is 1. The van der Waals surface area contributed by atoms with Crippen molar-refractivity contribution in [2.75, 3.05) is 17.2 Å². The van der Waals surface area contributed by atoms with E-state index in [0.717, 1.165) is 18.6 Å². The monoisotopic (exact) mass is 314 g/mol. The van der Waals surface area contributed by atoms with E-state index >= 15 is 0 Å². The van der Waals surface area contributed by atoms with Crippen LogP contribution in [-0.4, -0.2) is 23.5 Å². The molecule has 0 radical (unpaired) electrons. The molecule has 0 atom stereocenters. The summed E-state index contributed by atoms with van der Waals surface area (Å²) in [7, 11) is 0. The number of carbonyl (C=O) groups excluding carboxylic acids is 2. The highest BCUT2D eigenvalue weighted by molar-refractivity contribution is 6.03. The van der Waals surface area contributed by atoms with Crippen LogP contribution in [-0.2, 0) is 4.79 Å². The first-order chi connectivity index (χ1) is 11.2. The lowest BCUT2D eigenvalue weighted by atomic mass is 10.2. The lowest BCUT2D eigenvalue weighted by molar-refractivity contribution is -0.116. The Morgan fingerprint density at radius 3 is 2.43 bits per heavy atom. The smallest absolute Gasteiger partial charge is 0.277 e. The van der Waals surface area contributed by atoms with Crippen molar-refractivity contribution in [3.8, 4) is 0 Å². The molecule has 1 aliphatic rings. The van der Waals surface area contributed by atoms with E-state index in [1.807, 2.05) is 0 Å². The number of hydrogen-bond acceptors (Lipinski definition) is 5. The number of benzene rings is 1. The molecule has 1 aromatic carbocycles. The second-order valence-corrected chi connectivity index (χ2v) is 5.51. The molecular weight excluding hydrogens is 296 g/mol. The molecule has 4 N–H and O–H groups in total. The number of rotatable bonds is 6. The van der Waals surface area contributed by atoms with Crippen molar-refractivity contribution in [2.24, 2.45) is 5.73 Å². The molecule has 0 aliphatic heterocycles. The number of amides is 2. The van der Waals surface area contributed by atoms with E-state index in [2.05, 4.69) is 15.8 Å². The second-order valence-electron chi connectivity index (χ2n) is 5.51. The van der Waals surface area contributed by atoms with Gasteiger partial charge in [-0.3, -0.25) is 9.59 Å². The molecule has 7 heteroatoms. The Morgan fingerprint density at radius 1 is 1.17 bits per heavy atom. The van der Waals surface area contributed by atoms with Gasteiger partial charge in [-0.05, 0) is 37.1 Å². The standard InChI is InChI=1S/C16H18N4O3/c17-8-7-15(21)18-11-3-5-12(6-4-11)19-16(22)13-9-14(23-20-13)10-1-2-10/h3-6,9-10H,1-2,7-8,17H2,(H,18,21)(H,19,22). The summed E-state index contributed by atoms with van der Waals surface area (Å²) in [6, 6.07) is 8.52. The Bertz CT molecular complexity index is 704. The molecule has 0 unspecified atom stereocenters. The van der Waals surface area contributed by atoms with Crippen LogP contribution >= 0.6 is 0 Å². The topological polar surface area (TPSA) is 110 Å². The predicted molar refractivity (Wildman–Crippen MR) is 85.2 cm³/mol. The highest BCUT2D eigenvalue weighted by atomic mass is 16.5. The highest BCUT2D eigenvalue weighted by Gasteiger charge is 2.28. The number of hydrogen-bond donors (Lipinski definition) is 3. The first-order valence-corrected chi connectivity index (χ1v) is 7.53. The van der Waals surface area contributed by atoms with Crippen LogP contribution < -0.4 is 16.4 Å². The molecule has 1 heterocycles. The lowest BCUT2D eigenvalue weighted by Crippen LogP contribution is -2.16. The van der Waals surface area contributed by atoms with E-state index < -0.39 is 0 Å². The summed E-state index contributed by atoms with van der Waals surface area (Å²) in [6.07, 6.45) is 2.45. The number of nitrogens with one attached hydrogen (secondary N) is 2. The third-order valence-corrected chi connectivity index (χ3v) is 3.54. The van der Waals surface area contributed by atoms with Gasteiger partial charge >= 0.3 is 0 Å². The van der Waals surface area contributed by atoms with Crippen molar-refractivity contribution < 1.29 is 14.1 Å². The summed E-state index contributed by atoms with van der Waals surface area (Å²) in [5.74, 6) is 0.730. The van der Waals surface area contributed by atoms with Crippen LogP contribution in [0.5, 0.6) is 0 Å². The van der Waals surface area contributed by atoms with Gasteiger partial charge in [0.05, 0.1) is 0 Å². The Morgan fingerprint density at radius 2 is 1.83 bits per heavy atom. The Balaban J connectivity index is 1.58. The summed E-state index contributed by atoms with van der Waals surface area (Å²) in [5.41, 5.74) is 6.86. The molecule has 1 saturated carbocycles. The molecule has 7 nitrogen and oxygen atoms in total. The zero-order valence-corrected chi connectivity index (χ0v) is 12.5. The van der Waals surface area contributed by atoms with Gasteiger partial charge < -0.3 is 20.9 Å². The van der Waals surface area contributed by atoms with Crippen molar-refractivity contribution >= 4 is 23.2 Å². The van der Waals surface area contributed by atoms with Gasteiger partial charge in [0.15, 0.2) is 5.69 Å². The maximum absolute atomic E-state index is 12.1. The summed E-state index contributed by atoms with van der Waals surface area (Å²) >= 11 is 0. The minimum Gasteiger partial charge on any atom is -0.360 e. The number of nitrogens with zero attached hydrogens (tertiary/aromatic N) is 1. The second kappa shape index (κ2) is 6.62. The van der Waals surface area contributed by atoms with E-state index in [-0.39, 0.29) is 23.9 Å². The van der Waals surface area contributed by atoms with Crippen molar-refractivity contribution in [3.05, 3.63) is 41.8 Å². The van der Waals surface area contributed by atoms with Crippen LogP contribution in [0, 0.1) is 0 Å². The SMILES string of the molecule is NCCC(=O)Nc1ccc(NC(=O)c2cc(C3CC3)on2)cc1. The molecule has 3 rings (SSSR count). The fourth-order valence-electron chi connectivity index (χ4n) is 2.14. The normalized spacial score (nSPS) is 13.6. The fraction of sp³-hybridized carbons (Fsp3) is 0.312. The first kappa shape index (κ1) is 15.2. The third kappa shape index (κ3) is 3.95. The Kier molecular flexibility index (Phi) is 4.38. The zero-order valence-electron chi connectivity index (χ0n) is 12.5. The largest absolute Gasteiger partial charge is 0.360 e. The molecule has 0 bridgehead atoms. The van der Waals surface area contributed by atoms with E-state index in [9.17, 15) is 9.59 Å². The van der Waals surface area contributed by atoms with E-state index in [0.29, 0.717) is 23.8 Å². The van der Waals surface area contributed by atoms with Gasteiger partial charge in [0.25, 0.3) is 5.91 Å². The van der Waals surface area contributed by atoms with Crippen LogP contribution in [0.3, 0.4) is 0 Å². The molecule has 1 aliphatic carbocycles. The van der Waals surface area contributed by atoms with Crippen LogP contribution in [0.1, 0.15) is 41.4 Å². The number of carbonyl (C=O) groups is 2. The summed E-state index contributed by atoms with van der Waals surface area (Å²) in [5, 5.41) is 9.26. The van der Waals surface area contributed by atoms with Gasteiger partial charge in [0, 0.05) is 36.3 Å². The van der Waals surface area contributed by atoms with Gasteiger partial charge in [-0.15, -0.1) is 0 Å². The number of anilines is 2. The quantitative estimate of drug-likeness (QED) is 0.756. The van der Waals surface area contributed by atoms with Crippen molar-refractivity contribution in [1.82, 2.24) is 5.16 Å². The maximum Gasteiger partial charge on any atom is 0.277 e. The van der Waals surface area contributed by atoms with Gasteiger partial charge in [-0.2, -0.15) is 0 Å². The third-order valence-electron chi connectivity index (χ3n) is 3.54. The molecule has 1 fully saturated rings. The fourth-order valence-corrected chi connectivity index (χ4v) is 2.14. The molecule has 0 spiro atoms. The Hall–Kier alpha value is -2.67. The van der Waals surface area contributed by atoms with E-state index in [1.54, 1.807) is 30.3 Å². The van der Waals surface area contributed by atoms with E-state index in [4.69, 9.17) is 10.3 Å². The summed E-state index contributed by atoms with van der Waals surface area (Å²) in [4.78, 5) is 23.5. The molecular formula is C16H18N4O3. The predicted octanol–water partition coefficient (Wildman–Crippen LogP) is 2.09. The van der Waals surface area contributed by atoms with Crippen LogP contribution in [0.2, 0.25) is 0 Å². The van der Waals surface area contributed by atoms with Gasteiger partial charge in [0.1, 0.15) is 5.76 Å². The number of nitrogens with two attached hydrogens (primary N) is 1. The minimum absolute atomic E-state index is 0.139. The van der Waals surface area contributed by atoms with Gasteiger partial charge in [0.2, 0.25) is 5.91 Å². The average Bonchev–Trinajstić information content (AvgIpc) is 3.26. The van der Waals surface area contributed by atoms with Crippen LogP contribution in [0.25, 0.3) is 0 Å². The molecule has 1 aromatic heterocycles. The molecule has 120 valence electrons. The summed E-state index contributed by atoms with van der Waals surface area (Å²) < 4.78 is 5.16. The average molecular weight is 314 g/mol. The van der Waals surface area contributed by atoms with Crippen molar-refractivity contribution in [3.63, 3.8) is 0 Å². The van der Waals surface area contributed by atoms with Crippen LogP contribution in [0.15, 0.2) is 34.9 Å². The summed E-state index contributed by atoms with van der Waals surface area (Å²) in [6.45, 7) is 0.306. The molecule has 2 amide bonds. The van der Waals surface area contributed by atoms with E-state index in [1.165, 1.54) is 0 Å². The lowest BCUT2D eigenvalue weighted by Gasteiger charge is -2.06. The van der Waals surface area contributed by atoms with Crippen molar-refractivity contribution in [1.29, 1.82) is 0 Å². The first-order valence-electron chi connectivity index (χ1n) is 7.53. The Labute approximate surface area is 133 Å².